The third-order valence-corrected chi connectivity index (χ3v) is 6.94. The first-order valence-electron chi connectivity index (χ1n) is 7.74. The number of halogens is 1. The number of benzene rings is 1. The van der Waals surface area contributed by atoms with E-state index in [9.17, 15) is 8.42 Å². The lowest BCUT2D eigenvalue weighted by Crippen LogP contribution is -2.40. The van der Waals surface area contributed by atoms with Crippen molar-refractivity contribution < 1.29 is 13.2 Å². The molecule has 0 atom stereocenters. The van der Waals surface area contributed by atoms with Gasteiger partial charge in [-0.3, -0.25) is 0 Å². The van der Waals surface area contributed by atoms with Gasteiger partial charge in [0.2, 0.25) is 10.0 Å². The highest BCUT2D eigenvalue weighted by molar-refractivity contribution is 7.89. The van der Waals surface area contributed by atoms with Gasteiger partial charge < -0.3 is 15.4 Å². The van der Waals surface area contributed by atoms with Crippen LogP contribution in [0, 0.1) is 6.92 Å². The molecule has 2 aromatic rings. The van der Waals surface area contributed by atoms with E-state index in [1.165, 1.54) is 33.8 Å². The van der Waals surface area contributed by atoms with Crippen molar-refractivity contribution in [3.8, 4) is 0 Å². The van der Waals surface area contributed by atoms with Crippen molar-refractivity contribution in [2.45, 2.75) is 11.8 Å². The lowest BCUT2D eigenvalue weighted by Gasteiger charge is -2.26. The molecule has 1 saturated heterocycles. The van der Waals surface area contributed by atoms with Crippen molar-refractivity contribution in [3.05, 3.63) is 34.3 Å². The minimum atomic E-state index is -3.61. The van der Waals surface area contributed by atoms with E-state index in [2.05, 4.69) is 15.6 Å². The van der Waals surface area contributed by atoms with Crippen LogP contribution in [-0.2, 0) is 14.8 Å². The maximum Gasteiger partial charge on any atom is 0.243 e. The summed E-state index contributed by atoms with van der Waals surface area (Å²) in [5.41, 5.74) is 1.30. The molecule has 26 heavy (non-hydrogen) atoms. The summed E-state index contributed by atoms with van der Waals surface area (Å²) in [4.78, 5) is 4.42. The molecule has 0 unspecified atom stereocenters. The standard InChI is InChI=1S/C15H17ClN4O3S3/c1-10-9-25-15(17-10)19-14(24)18-13-8-11(2-3-12(13)16)26(21,22)20-4-6-23-7-5-20/h2-3,8-9H,4-7H2,1H3,(H2,17,18,19,24). The van der Waals surface area contributed by atoms with Gasteiger partial charge in [-0.2, -0.15) is 4.31 Å². The predicted molar refractivity (Wildman–Crippen MR) is 108 cm³/mol. The summed E-state index contributed by atoms with van der Waals surface area (Å²) in [6, 6.07) is 4.50. The minimum absolute atomic E-state index is 0.152. The van der Waals surface area contributed by atoms with Gasteiger partial charge in [0.15, 0.2) is 10.2 Å². The van der Waals surface area contributed by atoms with Crippen LogP contribution in [0.25, 0.3) is 0 Å². The Kier molecular flexibility index (Phi) is 6.10. The lowest BCUT2D eigenvalue weighted by atomic mass is 10.3. The molecule has 1 aromatic heterocycles. The van der Waals surface area contributed by atoms with Gasteiger partial charge in [0, 0.05) is 18.5 Å². The van der Waals surface area contributed by atoms with Crippen LogP contribution in [0.4, 0.5) is 10.8 Å². The number of morpholine rings is 1. The topological polar surface area (TPSA) is 83.6 Å². The van der Waals surface area contributed by atoms with Crippen molar-refractivity contribution in [1.82, 2.24) is 9.29 Å². The molecule has 0 aliphatic carbocycles. The number of hydrogen-bond acceptors (Lipinski definition) is 6. The largest absolute Gasteiger partial charge is 0.379 e. The van der Waals surface area contributed by atoms with Gasteiger partial charge >= 0.3 is 0 Å². The number of rotatable bonds is 4. The zero-order valence-electron chi connectivity index (χ0n) is 13.9. The summed E-state index contributed by atoms with van der Waals surface area (Å²) < 4.78 is 32.2. The Labute approximate surface area is 166 Å². The van der Waals surface area contributed by atoms with Crippen molar-refractivity contribution in [2.75, 3.05) is 36.9 Å². The summed E-state index contributed by atoms with van der Waals surface area (Å²) in [5, 5.41) is 9.07. The fourth-order valence-electron chi connectivity index (χ4n) is 2.36. The second-order valence-corrected chi connectivity index (χ2v) is 9.14. The second kappa shape index (κ2) is 8.15. The van der Waals surface area contributed by atoms with Crippen LogP contribution in [0.15, 0.2) is 28.5 Å². The Balaban J connectivity index is 1.77. The fraction of sp³-hybridized carbons (Fsp3) is 0.333. The van der Waals surface area contributed by atoms with E-state index in [1.54, 1.807) is 0 Å². The molecule has 2 N–H and O–H groups in total. The van der Waals surface area contributed by atoms with Gasteiger partial charge in [-0.05, 0) is 37.3 Å². The molecule has 0 radical (unpaired) electrons. The third kappa shape index (κ3) is 4.51. The van der Waals surface area contributed by atoms with Gasteiger partial charge in [-0.15, -0.1) is 11.3 Å². The van der Waals surface area contributed by atoms with E-state index in [-0.39, 0.29) is 10.0 Å². The van der Waals surface area contributed by atoms with Crippen molar-refractivity contribution in [3.63, 3.8) is 0 Å². The first kappa shape index (κ1) is 19.5. The highest BCUT2D eigenvalue weighted by atomic mass is 35.5. The number of nitrogens with one attached hydrogen (secondary N) is 2. The lowest BCUT2D eigenvalue weighted by molar-refractivity contribution is 0.0730. The Morgan fingerprint density at radius 2 is 2.08 bits per heavy atom. The highest BCUT2D eigenvalue weighted by Crippen LogP contribution is 2.27. The normalized spacial score (nSPS) is 15.6. The summed E-state index contributed by atoms with van der Waals surface area (Å²) >= 11 is 12.9. The van der Waals surface area contributed by atoms with Crippen LogP contribution in [0.1, 0.15) is 5.69 Å². The van der Waals surface area contributed by atoms with E-state index < -0.39 is 10.0 Å². The molecule has 0 spiro atoms. The number of anilines is 2. The number of thiazole rings is 1. The van der Waals surface area contributed by atoms with Crippen molar-refractivity contribution in [2.24, 2.45) is 0 Å². The van der Waals surface area contributed by atoms with E-state index >= 15 is 0 Å². The van der Waals surface area contributed by atoms with Crippen LogP contribution < -0.4 is 10.6 Å². The van der Waals surface area contributed by atoms with Crippen LogP contribution >= 0.6 is 35.2 Å². The number of ether oxygens (including phenoxy) is 1. The average Bonchev–Trinajstić information content (AvgIpc) is 3.02. The van der Waals surface area contributed by atoms with Crippen LogP contribution in [0.5, 0.6) is 0 Å². The first-order valence-corrected chi connectivity index (χ1v) is 10.8. The molecule has 2 heterocycles. The molecule has 1 aliphatic heterocycles. The van der Waals surface area contributed by atoms with Crippen LogP contribution in [0.3, 0.4) is 0 Å². The molecule has 0 saturated carbocycles. The van der Waals surface area contributed by atoms with E-state index in [1.807, 2.05) is 12.3 Å². The molecule has 0 bridgehead atoms. The van der Waals surface area contributed by atoms with Gasteiger partial charge in [-0.1, -0.05) is 11.6 Å². The maximum absolute atomic E-state index is 12.8. The monoisotopic (exact) mass is 432 g/mol. The Morgan fingerprint density at radius 3 is 2.73 bits per heavy atom. The molecule has 7 nitrogen and oxygen atoms in total. The van der Waals surface area contributed by atoms with Gasteiger partial charge in [0.1, 0.15) is 0 Å². The van der Waals surface area contributed by atoms with E-state index in [0.29, 0.717) is 42.1 Å². The number of hydrogen-bond donors (Lipinski definition) is 2. The number of nitrogens with zero attached hydrogens (tertiary/aromatic N) is 2. The Bertz CT molecular complexity index is 911. The fourth-order valence-corrected chi connectivity index (χ4v) is 4.92. The maximum atomic E-state index is 12.8. The average molecular weight is 433 g/mol. The predicted octanol–water partition coefficient (Wildman–Crippen LogP) is 2.93. The SMILES string of the molecule is Cc1csc(NC(=S)Nc2cc(S(=O)(=O)N3CCOCC3)ccc2Cl)n1. The quantitative estimate of drug-likeness (QED) is 0.718. The number of aryl methyl sites for hydroxylation is 1. The summed E-state index contributed by atoms with van der Waals surface area (Å²) in [6.45, 7) is 3.32. The molecule has 11 heteroatoms. The molecule has 1 fully saturated rings. The highest BCUT2D eigenvalue weighted by Gasteiger charge is 2.27. The zero-order valence-corrected chi connectivity index (χ0v) is 17.1. The van der Waals surface area contributed by atoms with Gasteiger partial charge in [0.05, 0.1) is 34.5 Å². The van der Waals surface area contributed by atoms with E-state index in [0.717, 1.165) is 5.69 Å². The smallest absolute Gasteiger partial charge is 0.243 e. The first-order chi connectivity index (χ1) is 12.4. The van der Waals surface area contributed by atoms with E-state index in [4.69, 9.17) is 28.6 Å². The molecule has 1 aliphatic rings. The molecule has 0 amide bonds. The van der Waals surface area contributed by atoms with Crippen LogP contribution in [-0.4, -0.2) is 49.1 Å². The zero-order chi connectivity index (χ0) is 18.7. The third-order valence-electron chi connectivity index (χ3n) is 3.63. The molecule has 1 aromatic carbocycles. The minimum Gasteiger partial charge on any atom is -0.379 e. The summed E-state index contributed by atoms with van der Waals surface area (Å²) in [7, 11) is -3.61. The Hall–Kier alpha value is -1.30. The molecule has 140 valence electrons. The van der Waals surface area contributed by atoms with Gasteiger partial charge in [-0.25, -0.2) is 13.4 Å². The summed E-state index contributed by atoms with van der Waals surface area (Å²) in [6.07, 6.45) is 0. The second-order valence-electron chi connectivity index (χ2n) is 5.53. The number of aromatic nitrogens is 1. The Morgan fingerprint density at radius 1 is 1.35 bits per heavy atom. The van der Waals surface area contributed by atoms with Crippen molar-refractivity contribution >= 4 is 61.1 Å². The number of sulfonamides is 1. The van der Waals surface area contributed by atoms with Gasteiger partial charge in [0.25, 0.3) is 0 Å². The van der Waals surface area contributed by atoms with Crippen molar-refractivity contribution in [1.29, 1.82) is 0 Å². The molecule has 3 rings (SSSR count). The molecular formula is C15H17ClN4O3S3. The number of thiocarbonyl (C=S) groups is 1. The summed E-state index contributed by atoms with van der Waals surface area (Å²) in [5.74, 6) is 0. The molecular weight excluding hydrogens is 416 g/mol. The van der Waals surface area contributed by atoms with Crippen LogP contribution in [0.2, 0.25) is 5.02 Å².